The first kappa shape index (κ1) is 22.0. The second-order valence-corrected chi connectivity index (χ2v) is 7.41. The number of anilines is 1. The number of thiophene rings is 1. The van der Waals surface area contributed by atoms with Crippen LogP contribution in [0.2, 0.25) is 0 Å². The van der Waals surface area contributed by atoms with Crippen molar-refractivity contribution in [2.75, 3.05) is 19.5 Å². The first-order valence-electron chi connectivity index (χ1n) is 8.52. The van der Waals surface area contributed by atoms with Gasteiger partial charge in [0.05, 0.1) is 19.8 Å². The maximum Gasteiger partial charge on any atom is 0.441 e. The molecule has 1 heterocycles. The maximum absolute atomic E-state index is 13.9. The van der Waals surface area contributed by atoms with Crippen molar-refractivity contribution in [2.24, 2.45) is 0 Å². The number of hydrogen-bond acceptors (Lipinski definition) is 7. The fourth-order valence-electron chi connectivity index (χ4n) is 3.13. The van der Waals surface area contributed by atoms with Crippen LogP contribution in [0.5, 0.6) is 0 Å². The van der Waals surface area contributed by atoms with Gasteiger partial charge in [0.2, 0.25) is 5.91 Å². The average Bonchev–Trinajstić information content (AvgIpc) is 2.79. The van der Waals surface area contributed by atoms with E-state index >= 15 is 0 Å². The number of fused-ring (bicyclic) bond motifs is 1. The zero-order valence-corrected chi connectivity index (χ0v) is 16.4. The summed E-state index contributed by atoms with van der Waals surface area (Å²) in [7, 11) is 1.90. The Balaban J connectivity index is 2.65. The molecule has 1 amide bonds. The zero-order valence-electron chi connectivity index (χ0n) is 15.6. The number of nitrogens with one attached hydrogen (secondary N) is 2. The predicted octanol–water partition coefficient (Wildman–Crippen LogP) is 2.78. The maximum atomic E-state index is 13.9. The molecule has 0 spiro atoms. The number of ether oxygens (including phenoxy) is 2. The van der Waals surface area contributed by atoms with Crippen LogP contribution >= 0.6 is 11.3 Å². The number of aryl methyl sites for hydroxylation is 1. The molecule has 11 heteroatoms. The van der Waals surface area contributed by atoms with E-state index in [0.29, 0.717) is 18.4 Å². The Hall–Kier alpha value is -2.30. The van der Waals surface area contributed by atoms with Gasteiger partial charge in [-0.3, -0.25) is 4.79 Å². The second-order valence-electron chi connectivity index (χ2n) is 6.31. The van der Waals surface area contributed by atoms with Crippen molar-refractivity contribution in [1.82, 2.24) is 5.32 Å². The van der Waals surface area contributed by atoms with Gasteiger partial charge in [-0.1, -0.05) is 6.42 Å². The van der Waals surface area contributed by atoms with E-state index in [1.165, 1.54) is 0 Å². The smallest absolute Gasteiger partial charge is 0.441 e. The molecule has 2 N–H and O–H groups in total. The number of methoxy groups -OCH3 is 2. The molecule has 0 bridgehead atoms. The van der Waals surface area contributed by atoms with Gasteiger partial charge in [0.15, 0.2) is 0 Å². The number of amides is 1. The number of carbonyl (C=O) groups excluding carboxylic acids is 3. The van der Waals surface area contributed by atoms with E-state index < -0.39 is 29.7 Å². The summed E-state index contributed by atoms with van der Waals surface area (Å²) in [5.74, 6) is -3.67. The van der Waals surface area contributed by atoms with Crippen molar-refractivity contribution in [3.63, 3.8) is 0 Å². The van der Waals surface area contributed by atoms with E-state index in [1.54, 1.807) is 5.32 Å². The summed E-state index contributed by atoms with van der Waals surface area (Å²) < 4.78 is 50.9. The summed E-state index contributed by atoms with van der Waals surface area (Å²) in [6.07, 6.45) is -1.59. The molecular weight excluding hydrogens is 401 g/mol. The lowest BCUT2D eigenvalue weighted by molar-refractivity contribution is -0.206. The van der Waals surface area contributed by atoms with Crippen LogP contribution in [0.25, 0.3) is 0 Å². The predicted molar refractivity (Wildman–Crippen MR) is 95.2 cm³/mol. The number of esters is 2. The van der Waals surface area contributed by atoms with E-state index in [0.717, 1.165) is 56.6 Å². The summed E-state index contributed by atoms with van der Waals surface area (Å²) in [4.78, 5) is 36.7. The van der Waals surface area contributed by atoms with Crippen LogP contribution < -0.4 is 10.6 Å². The van der Waals surface area contributed by atoms with Crippen LogP contribution in [0.3, 0.4) is 0 Å². The molecule has 1 aliphatic carbocycles. The molecular formula is C17H21F3N2O5S. The average molecular weight is 422 g/mol. The van der Waals surface area contributed by atoms with Crippen LogP contribution in [0.4, 0.5) is 18.2 Å². The summed E-state index contributed by atoms with van der Waals surface area (Å²) in [6, 6.07) is 0. The molecule has 1 atom stereocenters. The van der Waals surface area contributed by atoms with Crippen molar-refractivity contribution in [3.05, 3.63) is 16.0 Å². The van der Waals surface area contributed by atoms with E-state index in [4.69, 9.17) is 4.74 Å². The highest BCUT2D eigenvalue weighted by molar-refractivity contribution is 7.16. The Kier molecular flexibility index (Phi) is 6.58. The van der Waals surface area contributed by atoms with E-state index in [1.807, 2.05) is 0 Å². The fourth-order valence-corrected chi connectivity index (χ4v) is 4.46. The Labute approximate surface area is 163 Å². The van der Waals surface area contributed by atoms with Crippen molar-refractivity contribution in [2.45, 2.75) is 50.9 Å². The number of halogens is 3. The van der Waals surface area contributed by atoms with Crippen molar-refractivity contribution in [3.8, 4) is 0 Å². The van der Waals surface area contributed by atoms with Crippen molar-refractivity contribution >= 4 is 34.2 Å². The SMILES string of the molecule is COC(=O)c1c(N[C@](NC(C)=O)(C(=O)OC)C(F)(F)F)sc2c1CCCCC2. The van der Waals surface area contributed by atoms with Crippen molar-refractivity contribution < 1.29 is 37.0 Å². The monoisotopic (exact) mass is 422 g/mol. The van der Waals surface area contributed by atoms with Gasteiger partial charge in [0.25, 0.3) is 0 Å². The number of carbonyl (C=O) groups is 3. The normalized spacial score (nSPS) is 16.2. The largest absolute Gasteiger partial charge is 0.466 e. The number of alkyl halides is 3. The molecule has 1 aromatic heterocycles. The molecule has 2 rings (SSSR count). The highest BCUT2D eigenvalue weighted by Crippen LogP contribution is 2.41. The third kappa shape index (κ3) is 4.08. The summed E-state index contributed by atoms with van der Waals surface area (Å²) in [5.41, 5.74) is -2.98. The first-order valence-corrected chi connectivity index (χ1v) is 9.34. The van der Waals surface area contributed by atoms with E-state index in [2.05, 4.69) is 10.1 Å². The Morgan fingerprint density at radius 3 is 2.21 bits per heavy atom. The quantitative estimate of drug-likeness (QED) is 0.431. The molecule has 0 radical (unpaired) electrons. The minimum Gasteiger partial charge on any atom is -0.466 e. The standard InChI is InChI=1S/C17H21F3N2O5S/c1-9(23)21-16(15(25)27-3,17(18,19)20)22-13-12(14(24)26-2)10-7-5-4-6-8-11(10)28-13/h22H,4-8H2,1-3H3,(H,21,23)/t16-/m1/s1. The van der Waals surface area contributed by atoms with Crippen LogP contribution in [-0.4, -0.2) is 43.9 Å². The lowest BCUT2D eigenvalue weighted by atomic mass is 10.0. The van der Waals surface area contributed by atoms with E-state index in [9.17, 15) is 27.6 Å². The third-order valence-corrected chi connectivity index (χ3v) is 5.60. The second kappa shape index (κ2) is 8.38. The topological polar surface area (TPSA) is 93.7 Å². The van der Waals surface area contributed by atoms with Gasteiger partial charge in [0.1, 0.15) is 5.00 Å². The van der Waals surface area contributed by atoms with Gasteiger partial charge < -0.3 is 20.1 Å². The summed E-state index contributed by atoms with van der Waals surface area (Å²) >= 11 is 0.946. The van der Waals surface area contributed by atoms with Gasteiger partial charge in [-0.05, 0) is 31.2 Å². The highest BCUT2D eigenvalue weighted by Gasteiger charge is 2.63. The summed E-state index contributed by atoms with van der Waals surface area (Å²) in [6.45, 7) is 0.843. The molecule has 1 aromatic rings. The van der Waals surface area contributed by atoms with Crippen LogP contribution in [-0.2, 0) is 31.9 Å². The molecule has 7 nitrogen and oxygen atoms in total. The van der Waals surface area contributed by atoms with Gasteiger partial charge >= 0.3 is 23.8 Å². The minimum atomic E-state index is -5.25. The highest BCUT2D eigenvalue weighted by atomic mass is 32.1. The molecule has 0 saturated heterocycles. The molecule has 0 saturated carbocycles. The summed E-state index contributed by atoms with van der Waals surface area (Å²) in [5, 5.41) is 3.48. The Bertz CT molecular complexity index is 778. The van der Waals surface area contributed by atoms with Gasteiger partial charge in [-0.2, -0.15) is 13.2 Å². The Morgan fingerprint density at radius 1 is 1.04 bits per heavy atom. The lowest BCUT2D eigenvalue weighted by Crippen LogP contribution is -2.69. The number of hydrogen-bond donors (Lipinski definition) is 2. The lowest BCUT2D eigenvalue weighted by Gasteiger charge is -2.34. The van der Waals surface area contributed by atoms with Gasteiger partial charge in [-0.25, -0.2) is 9.59 Å². The minimum absolute atomic E-state index is 0.0488. The Morgan fingerprint density at radius 2 is 1.68 bits per heavy atom. The van der Waals surface area contributed by atoms with Crippen molar-refractivity contribution in [1.29, 1.82) is 0 Å². The van der Waals surface area contributed by atoms with Gasteiger partial charge in [0, 0.05) is 11.8 Å². The van der Waals surface area contributed by atoms with Crippen LogP contribution in [0, 0.1) is 0 Å². The van der Waals surface area contributed by atoms with Gasteiger partial charge in [-0.15, -0.1) is 11.3 Å². The molecule has 0 fully saturated rings. The first-order chi connectivity index (χ1) is 13.1. The third-order valence-electron chi connectivity index (χ3n) is 4.39. The molecule has 28 heavy (non-hydrogen) atoms. The van der Waals surface area contributed by atoms with E-state index in [-0.39, 0.29) is 10.6 Å². The van der Waals surface area contributed by atoms with Crippen LogP contribution in [0.1, 0.15) is 47.0 Å². The van der Waals surface area contributed by atoms with Crippen LogP contribution in [0.15, 0.2) is 0 Å². The molecule has 1 aliphatic rings. The molecule has 0 aliphatic heterocycles. The zero-order chi connectivity index (χ0) is 21.1. The number of rotatable bonds is 5. The molecule has 0 unspecified atom stereocenters. The molecule has 0 aromatic carbocycles. The molecule has 156 valence electrons. The fraction of sp³-hybridized carbons (Fsp3) is 0.588.